The van der Waals surface area contributed by atoms with Crippen molar-refractivity contribution >= 4 is 44.7 Å². The Morgan fingerprint density at radius 3 is 2.31 bits per heavy atom. The van der Waals surface area contributed by atoms with Crippen LogP contribution in [0, 0.1) is 5.92 Å². The minimum atomic E-state index is -0.0723. The molecule has 3 rings (SSSR count). The molecule has 0 unspecified atom stereocenters. The van der Waals surface area contributed by atoms with Crippen molar-refractivity contribution in [3.63, 3.8) is 0 Å². The number of aryl methyl sites for hydroxylation is 1. The van der Waals surface area contributed by atoms with E-state index >= 15 is 0 Å². The molecule has 6 heteroatoms. The van der Waals surface area contributed by atoms with Crippen LogP contribution in [0.25, 0.3) is 10.2 Å². The highest BCUT2D eigenvalue weighted by Gasteiger charge is 2.09. The first-order valence-electron chi connectivity index (χ1n) is 8.56. The van der Waals surface area contributed by atoms with Gasteiger partial charge in [-0.3, -0.25) is 9.59 Å². The van der Waals surface area contributed by atoms with E-state index in [4.69, 9.17) is 0 Å². The van der Waals surface area contributed by atoms with Crippen molar-refractivity contribution in [3.05, 3.63) is 53.5 Å². The highest BCUT2D eigenvalue weighted by molar-refractivity contribution is 7.18. The van der Waals surface area contributed by atoms with Crippen LogP contribution in [0.4, 0.5) is 11.4 Å². The maximum atomic E-state index is 12.1. The average Bonchev–Trinajstić information content (AvgIpc) is 3.04. The van der Waals surface area contributed by atoms with Crippen LogP contribution in [0.3, 0.4) is 0 Å². The molecule has 0 radical (unpaired) electrons. The summed E-state index contributed by atoms with van der Waals surface area (Å²) in [7, 11) is 0. The number of benzene rings is 2. The van der Waals surface area contributed by atoms with Gasteiger partial charge in [-0.2, -0.15) is 0 Å². The number of nitrogens with zero attached hydrogens (tertiary/aromatic N) is 1. The van der Waals surface area contributed by atoms with E-state index in [0.29, 0.717) is 18.5 Å². The number of hydrogen-bond acceptors (Lipinski definition) is 4. The summed E-state index contributed by atoms with van der Waals surface area (Å²) in [6.07, 6.45) is 0.999. The van der Waals surface area contributed by atoms with Gasteiger partial charge in [-0.1, -0.05) is 26.0 Å². The van der Waals surface area contributed by atoms with E-state index in [2.05, 4.69) is 15.6 Å². The van der Waals surface area contributed by atoms with E-state index in [1.165, 1.54) is 0 Å². The molecule has 26 heavy (non-hydrogen) atoms. The molecular formula is C20H21N3O2S. The van der Waals surface area contributed by atoms with E-state index in [1.54, 1.807) is 35.6 Å². The molecule has 3 aromatic rings. The Hall–Kier alpha value is -2.73. The Balaban J connectivity index is 1.52. The van der Waals surface area contributed by atoms with Crippen molar-refractivity contribution in [2.24, 2.45) is 5.92 Å². The number of hydrogen-bond donors (Lipinski definition) is 2. The van der Waals surface area contributed by atoms with Crippen LogP contribution in [-0.2, 0) is 16.0 Å². The fourth-order valence-electron chi connectivity index (χ4n) is 2.39. The van der Waals surface area contributed by atoms with Crippen molar-refractivity contribution in [1.29, 1.82) is 0 Å². The lowest BCUT2D eigenvalue weighted by molar-refractivity contribution is -0.119. The third-order valence-corrected chi connectivity index (χ3v) is 4.96. The van der Waals surface area contributed by atoms with Crippen LogP contribution in [0.15, 0.2) is 48.5 Å². The van der Waals surface area contributed by atoms with Crippen LogP contribution >= 0.6 is 11.3 Å². The summed E-state index contributed by atoms with van der Waals surface area (Å²) in [5.41, 5.74) is 2.41. The van der Waals surface area contributed by atoms with E-state index in [9.17, 15) is 9.59 Å². The first-order valence-corrected chi connectivity index (χ1v) is 9.38. The second-order valence-corrected chi connectivity index (χ2v) is 7.46. The largest absolute Gasteiger partial charge is 0.326 e. The van der Waals surface area contributed by atoms with Crippen molar-refractivity contribution in [2.75, 3.05) is 10.6 Å². The summed E-state index contributed by atoms with van der Waals surface area (Å²) < 4.78 is 1.14. The number of rotatable bonds is 6. The zero-order chi connectivity index (χ0) is 18.5. The predicted octanol–water partition coefficient (Wildman–Crippen LogP) is 4.46. The predicted molar refractivity (Wildman–Crippen MR) is 106 cm³/mol. The first-order chi connectivity index (χ1) is 12.5. The highest BCUT2D eigenvalue weighted by atomic mass is 32.1. The van der Waals surface area contributed by atoms with E-state index in [1.807, 2.05) is 38.1 Å². The van der Waals surface area contributed by atoms with Gasteiger partial charge >= 0.3 is 0 Å². The molecule has 0 aliphatic rings. The van der Waals surface area contributed by atoms with Crippen molar-refractivity contribution in [3.8, 4) is 0 Å². The molecule has 0 saturated heterocycles. The molecule has 0 spiro atoms. The Bertz CT molecular complexity index is 883. The number of thiazole rings is 1. The summed E-state index contributed by atoms with van der Waals surface area (Å²) in [6, 6.07) is 15.1. The summed E-state index contributed by atoms with van der Waals surface area (Å²) >= 11 is 1.62. The lowest BCUT2D eigenvalue weighted by Crippen LogP contribution is -2.17. The molecule has 0 fully saturated rings. The quantitative estimate of drug-likeness (QED) is 0.675. The first kappa shape index (κ1) is 18.1. The lowest BCUT2D eigenvalue weighted by Gasteiger charge is -2.09. The standard InChI is InChI=1S/C20H21N3O2S/c1-13(2)20(25)22-15-9-7-14(8-10-15)21-18(24)11-12-19-23-16-5-3-4-6-17(16)26-19/h3-10,13H,11-12H2,1-2H3,(H,21,24)(H,22,25). The van der Waals surface area contributed by atoms with Crippen LogP contribution in [-0.4, -0.2) is 16.8 Å². The molecule has 1 heterocycles. The van der Waals surface area contributed by atoms with E-state index in [-0.39, 0.29) is 17.7 Å². The van der Waals surface area contributed by atoms with E-state index in [0.717, 1.165) is 20.9 Å². The fraction of sp³-hybridized carbons (Fsp3) is 0.250. The van der Waals surface area contributed by atoms with Crippen molar-refractivity contribution in [2.45, 2.75) is 26.7 Å². The fourth-order valence-corrected chi connectivity index (χ4v) is 3.36. The molecule has 0 aliphatic heterocycles. The second kappa shape index (κ2) is 8.10. The van der Waals surface area contributed by atoms with Gasteiger partial charge in [0.1, 0.15) is 0 Å². The Morgan fingerprint density at radius 2 is 1.65 bits per heavy atom. The molecule has 2 aromatic carbocycles. The summed E-state index contributed by atoms with van der Waals surface area (Å²) in [5, 5.41) is 6.66. The number of nitrogens with one attached hydrogen (secondary N) is 2. The molecule has 1 aromatic heterocycles. The Labute approximate surface area is 156 Å². The Kier molecular flexibility index (Phi) is 5.63. The molecule has 2 amide bonds. The zero-order valence-electron chi connectivity index (χ0n) is 14.8. The lowest BCUT2D eigenvalue weighted by atomic mass is 10.2. The van der Waals surface area contributed by atoms with E-state index < -0.39 is 0 Å². The van der Waals surface area contributed by atoms with Gasteiger partial charge < -0.3 is 10.6 Å². The summed E-state index contributed by atoms with van der Waals surface area (Å²) in [4.78, 5) is 28.4. The topological polar surface area (TPSA) is 71.1 Å². The zero-order valence-corrected chi connectivity index (χ0v) is 15.6. The van der Waals surface area contributed by atoms with Gasteiger partial charge in [-0.05, 0) is 36.4 Å². The maximum Gasteiger partial charge on any atom is 0.226 e. The van der Waals surface area contributed by atoms with Crippen LogP contribution in [0.2, 0.25) is 0 Å². The number of anilines is 2. The molecule has 0 saturated carbocycles. The number of para-hydroxylation sites is 1. The van der Waals surface area contributed by atoms with Crippen molar-refractivity contribution < 1.29 is 9.59 Å². The van der Waals surface area contributed by atoms with Gasteiger partial charge in [-0.25, -0.2) is 4.98 Å². The number of aromatic nitrogens is 1. The Morgan fingerprint density at radius 1 is 1.00 bits per heavy atom. The molecule has 0 aliphatic carbocycles. The average molecular weight is 367 g/mol. The number of fused-ring (bicyclic) bond motifs is 1. The normalized spacial score (nSPS) is 10.9. The van der Waals surface area contributed by atoms with Gasteiger partial charge in [0.25, 0.3) is 0 Å². The molecular weight excluding hydrogens is 346 g/mol. The number of amides is 2. The third kappa shape index (κ3) is 4.67. The molecule has 2 N–H and O–H groups in total. The second-order valence-electron chi connectivity index (χ2n) is 6.34. The molecule has 5 nitrogen and oxygen atoms in total. The maximum absolute atomic E-state index is 12.1. The van der Waals surface area contributed by atoms with Gasteiger partial charge in [0.15, 0.2) is 0 Å². The summed E-state index contributed by atoms with van der Waals surface area (Å²) in [5.74, 6) is -0.155. The van der Waals surface area contributed by atoms with Gasteiger partial charge in [0.2, 0.25) is 11.8 Å². The molecule has 0 atom stereocenters. The van der Waals surface area contributed by atoms with Crippen LogP contribution in [0.5, 0.6) is 0 Å². The highest BCUT2D eigenvalue weighted by Crippen LogP contribution is 2.22. The minimum absolute atomic E-state index is 0.0300. The van der Waals surface area contributed by atoms with Gasteiger partial charge in [0.05, 0.1) is 15.2 Å². The van der Waals surface area contributed by atoms with Gasteiger partial charge in [0, 0.05) is 30.1 Å². The van der Waals surface area contributed by atoms with Crippen molar-refractivity contribution in [1.82, 2.24) is 4.98 Å². The monoisotopic (exact) mass is 367 g/mol. The number of carbonyl (C=O) groups excluding carboxylic acids is 2. The smallest absolute Gasteiger partial charge is 0.226 e. The van der Waals surface area contributed by atoms with Crippen LogP contribution in [0.1, 0.15) is 25.3 Å². The number of carbonyl (C=O) groups is 2. The molecule has 134 valence electrons. The SMILES string of the molecule is CC(C)C(=O)Nc1ccc(NC(=O)CCc2nc3ccccc3s2)cc1. The molecule has 0 bridgehead atoms. The minimum Gasteiger partial charge on any atom is -0.326 e. The summed E-state index contributed by atoms with van der Waals surface area (Å²) in [6.45, 7) is 3.69. The third-order valence-electron chi connectivity index (χ3n) is 3.86. The van der Waals surface area contributed by atoms with Crippen LogP contribution < -0.4 is 10.6 Å². The van der Waals surface area contributed by atoms with Gasteiger partial charge in [-0.15, -0.1) is 11.3 Å².